The lowest BCUT2D eigenvalue weighted by atomic mass is 10.0. The molecule has 0 aromatic carbocycles. The molecule has 3 aliphatic rings. The standard InChI is InChI=1S/C18H24N6O2/c1-11-7-14(13-8-20-22(2)17(13)21-11)23-5-3-12(4-6-23)24-15-9-19-10-16(15)26-18(24)25/h7-8,12,15-16,19H,3-6,9-10H2,1-2H3/t15-,16+/m1/s1. The van der Waals surface area contributed by atoms with E-state index in [4.69, 9.17) is 4.74 Å². The number of nitrogens with zero attached hydrogens (tertiary/aromatic N) is 5. The van der Waals surface area contributed by atoms with Crippen LogP contribution in [0.5, 0.6) is 0 Å². The number of aromatic nitrogens is 3. The van der Waals surface area contributed by atoms with E-state index in [1.165, 1.54) is 5.69 Å². The van der Waals surface area contributed by atoms with Gasteiger partial charge in [-0.3, -0.25) is 9.58 Å². The Hall–Kier alpha value is -2.35. The Labute approximate surface area is 152 Å². The van der Waals surface area contributed by atoms with E-state index in [1.54, 1.807) is 0 Å². The maximum atomic E-state index is 12.3. The van der Waals surface area contributed by atoms with Crippen LogP contribution in [0, 0.1) is 6.92 Å². The molecule has 0 bridgehead atoms. The fourth-order valence-electron chi connectivity index (χ4n) is 4.65. The van der Waals surface area contributed by atoms with Crippen LogP contribution >= 0.6 is 0 Å². The third kappa shape index (κ3) is 2.35. The maximum absolute atomic E-state index is 12.3. The summed E-state index contributed by atoms with van der Waals surface area (Å²) in [6.07, 6.45) is 3.71. The number of pyridine rings is 1. The van der Waals surface area contributed by atoms with E-state index in [-0.39, 0.29) is 24.3 Å². The summed E-state index contributed by atoms with van der Waals surface area (Å²) in [6.45, 7) is 5.49. The highest BCUT2D eigenvalue weighted by Gasteiger charge is 2.47. The summed E-state index contributed by atoms with van der Waals surface area (Å²) in [5.74, 6) is 0. The van der Waals surface area contributed by atoms with E-state index >= 15 is 0 Å². The molecule has 2 aromatic rings. The van der Waals surface area contributed by atoms with Gasteiger partial charge in [0.05, 0.1) is 23.3 Å². The second-order valence-electron chi connectivity index (χ2n) is 7.56. The topological polar surface area (TPSA) is 75.5 Å². The zero-order valence-corrected chi connectivity index (χ0v) is 15.2. The molecule has 3 saturated heterocycles. The fraction of sp³-hybridized carbons (Fsp3) is 0.611. The second-order valence-corrected chi connectivity index (χ2v) is 7.56. The Morgan fingerprint density at radius 2 is 2.08 bits per heavy atom. The van der Waals surface area contributed by atoms with E-state index in [9.17, 15) is 4.79 Å². The Kier molecular flexibility index (Phi) is 3.56. The largest absolute Gasteiger partial charge is 0.442 e. The quantitative estimate of drug-likeness (QED) is 0.867. The fourth-order valence-corrected chi connectivity index (χ4v) is 4.65. The number of hydrogen-bond donors (Lipinski definition) is 1. The molecule has 138 valence electrons. The molecule has 1 amide bonds. The van der Waals surface area contributed by atoms with Gasteiger partial charge in [-0.05, 0) is 25.8 Å². The summed E-state index contributed by atoms with van der Waals surface area (Å²) >= 11 is 0. The number of carbonyl (C=O) groups is 1. The minimum absolute atomic E-state index is 0.0263. The average Bonchev–Trinajstić information content (AvgIpc) is 3.30. The number of hydrogen-bond acceptors (Lipinski definition) is 6. The summed E-state index contributed by atoms with van der Waals surface area (Å²) < 4.78 is 7.36. The molecule has 0 saturated carbocycles. The van der Waals surface area contributed by atoms with Crippen molar-refractivity contribution in [2.45, 2.75) is 38.0 Å². The van der Waals surface area contributed by atoms with Crippen LogP contribution in [0.4, 0.5) is 10.5 Å². The van der Waals surface area contributed by atoms with Gasteiger partial charge >= 0.3 is 6.09 Å². The van der Waals surface area contributed by atoms with E-state index in [1.807, 2.05) is 29.7 Å². The average molecular weight is 356 g/mol. The lowest BCUT2D eigenvalue weighted by Gasteiger charge is -2.38. The minimum atomic E-state index is -0.130. The van der Waals surface area contributed by atoms with Crippen molar-refractivity contribution >= 4 is 22.8 Å². The predicted molar refractivity (Wildman–Crippen MR) is 97.2 cm³/mol. The normalized spacial score (nSPS) is 26.6. The molecule has 26 heavy (non-hydrogen) atoms. The van der Waals surface area contributed by atoms with Crippen LogP contribution in [0.25, 0.3) is 11.0 Å². The van der Waals surface area contributed by atoms with Crippen LogP contribution in [-0.2, 0) is 11.8 Å². The van der Waals surface area contributed by atoms with Crippen LogP contribution in [-0.4, -0.2) is 70.1 Å². The molecule has 8 nitrogen and oxygen atoms in total. The van der Waals surface area contributed by atoms with Crippen LogP contribution < -0.4 is 10.2 Å². The first kappa shape index (κ1) is 15.9. The summed E-state index contributed by atoms with van der Waals surface area (Å²) in [5.41, 5.74) is 3.12. The minimum Gasteiger partial charge on any atom is -0.442 e. The molecular weight excluding hydrogens is 332 g/mol. The van der Waals surface area contributed by atoms with Crippen molar-refractivity contribution in [3.8, 4) is 0 Å². The third-order valence-corrected chi connectivity index (χ3v) is 5.96. The number of aryl methyl sites for hydroxylation is 2. The molecule has 0 unspecified atom stereocenters. The number of rotatable bonds is 2. The smallest absolute Gasteiger partial charge is 0.410 e. The molecule has 0 spiro atoms. The van der Waals surface area contributed by atoms with Gasteiger partial charge in [0, 0.05) is 45.0 Å². The zero-order valence-electron chi connectivity index (χ0n) is 15.2. The molecule has 0 aliphatic carbocycles. The molecule has 5 heterocycles. The number of piperidine rings is 1. The van der Waals surface area contributed by atoms with Gasteiger partial charge in [0.25, 0.3) is 0 Å². The highest BCUT2D eigenvalue weighted by atomic mass is 16.6. The number of fused-ring (bicyclic) bond motifs is 2. The first-order valence-electron chi connectivity index (χ1n) is 9.36. The molecule has 5 rings (SSSR count). The Balaban J connectivity index is 1.36. The molecule has 2 atom stereocenters. The number of carbonyl (C=O) groups excluding carboxylic acids is 1. The number of amides is 1. The van der Waals surface area contributed by atoms with Crippen LogP contribution in [0.15, 0.2) is 12.3 Å². The van der Waals surface area contributed by atoms with Gasteiger partial charge < -0.3 is 15.0 Å². The molecule has 0 radical (unpaired) electrons. The van der Waals surface area contributed by atoms with Gasteiger partial charge in [-0.1, -0.05) is 0 Å². The van der Waals surface area contributed by atoms with Crippen LogP contribution in [0.1, 0.15) is 18.5 Å². The number of anilines is 1. The van der Waals surface area contributed by atoms with Gasteiger partial charge in [-0.15, -0.1) is 0 Å². The van der Waals surface area contributed by atoms with E-state index in [0.29, 0.717) is 0 Å². The summed E-state index contributed by atoms with van der Waals surface area (Å²) in [7, 11) is 1.93. The Morgan fingerprint density at radius 1 is 1.27 bits per heavy atom. The molecule has 2 aromatic heterocycles. The van der Waals surface area contributed by atoms with Crippen molar-refractivity contribution in [2.24, 2.45) is 7.05 Å². The van der Waals surface area contributed by atoms with Crippen molar-refractivity contribution in [2.75, 3.05) is 31.1 Å². The van der Waals surface area contributed by atoms with E-state index in [0.717, 1.165) is 55.7 Å². The zero-order chi connectivity index (χ0) is 17.8. The van der Waals surface area contributed by atoms with Crippen molar-refractivity contribution in [3.05, 3.63) is 18.0 Å². The van der Waals surface area contributed by atoms with Gasteiger partial charge in [-0.25, -0.2) is 9.78 Å². The maximum Gasteiger partial charge on any atom is 0.410 e. The number of ether oxygens (including phenoxy) is 1. The predicted octanol–water partition coefficient (Wildman–Crippen LogP) is 1.04. The van der Waals surface area contributed by atoms with Crippen molar-refractivity contribution < 1.29 is 9.53 Å². The summed E-state index contributed by atoms with van der Waals surface area (Å²) in [5, 5.41) is 8.79. The van der Waals surface area contributed by atoms with Gasteiger partial charge in [0.1, 0.15) is 6.10 Å². The first-order valence-corrected chi connectivity index (χ1v) is 9.36. The Morgan fingerprint density at radius 3 is 2.88 bits per heavy atom. The van der Waals surface area contributed by atoms with E-state index < -0.39 is 0 Å². The van der Waals surface area contributed by atoms with Gasteiger partial charge in [0.15, 0.2) is 5.65 Å². The molecule has 3 aliphatic heterocycles. The highest BCUT2D eigenvalue weighted by molar-refractivity contribution is 5.89. The van der Waals surface area contributed by atoms with Gasteiger partial charge in [0.2, 0.25) is 0 Å². The summed E-state index contributed by atoms with van der Waals surface area (Å²) in [4.78, 5) is 21.3. The number of nitrogens with one attached hydrogen (secondary N) is 1. The Bertz CT molecular complexity index is 857. The van der Waals surface area contributed by atoms with Crippen molar-refractivity contribution in [3.63, 3.8) is 0 Å². The highest BCUT2D eigenvalue weighted by Crippen LogP contribution is 2.33. The van der Waals surface area contributed by atoms with Gasteiger partial charge in [-0.2, -0.15) is 5.10 Å². The van der Waals surface area contributed by atoms with Crippen molar-refractivity contribution in [1.82, 2.24) is 25.0 Å². The first-order chi connectivity index (χ1) is 12.6. The van der Waals surface area contributed by atoms with Crippen LogP contribution in [0.2, 0.25) is 0 Å². The lowest BCUT2D eigenvalue weighted by molar-refractivity contribution is 0.124. The van der Waals surface area contributed by atoms with Crippen molar-refractivity contribution in [1.29, 1.82) is 0 Å². The second kappa shape index (κ2) is 5.84. The molecular formula is C18H24N6O2. The summed E-state index contributed by atoms with van der Waals surface area (Å²) in [6, 6.07) is 2.61. The SMILES string of the molecule is Cc1cc(N2CCC(N3C(=O)O[C@H]4CNC[C@H]43)CC2)c2cnn(C)c2n1. The molecule has 3 fully saturated rings. The lowest BCUT2D eigenvalue weighted by Crippen LogP contribution is -2.50. The van der Waals surface area contributed by atoms with E-state index in [2.05, 4.69) is 26.4 Å². The molecule has 1 N–H and O–H groups in total. The third-order valence-electron chi connectivity index (χ3n) is 5.96. The monoisotopic (exact) mass is 356 g/mol. The molecule has 8 heteroatoms. The van der Waals surface area contributed by atoms with Crippen LogP contribution in [0.3, 0.4) is 0 Å².